The molecule has 1 aromatic rings. The second kappa shape index (κ2) is 8.41. The smallest absolute Gasteiger partial charge is 0.305 e. The van der Waals surface area contributed by atoms with Crippen LogP contribution in [0.2, 0.25) is 0 Å². The van der Waals surface area contributed by atoms with Crippen molar-refractivity contribution in [3.05, 3.63) is 57.4 Å². The van der Waals surface area contributed by atoms with Crippen LogP contribution in [-0.4, -0.2) is 34.0 Å². The van der Waals surface area contributed by atoms with Crippen molar-refractivity contribution in [2.75, 3.05) is 6.61 Å². The molecule has 3 rings (SSSR count). The van der Waals surface area contributed by atoms with Crippen molar-refractivity contribution in [2.45, 2.75) is 73.2 Å². The van der Waals surface area contributed by atoms with Gasteiger partial charge in [0.1, 0.15) is 23.7 Å². The zero-order valence-corrected chi connectivity index (χ0v) is 21.2. The number of benzene rings is 1. The number of hydrogen-bond acceptors (Lipinski definition) is 7. The van der Waals surface area contributed by atoms with Gasteiger partial charge >= 0.3 is 5.97 Å². The Hall–Kier alpha value is -2.87. The lowest BCUT2D eigenvalue weighted by molar-refractivity contribution is -0.384. The van der Waals surface area contributed by atoms with Gasteiger partial charge in [0.2, 0.25) is 5.79 Å². The van der Waals surface area contributed by atoms with Gasteiger partial charge in [-0.25, -0.2) is 0 Å². The second-order valence-corrected chi connectivity index (χ2v) is 11.6. The van der Waals surface area contributed by atoms with Gasteiger partial charge in [0, 0.05) is 31.1 Å². The summed E-state index contributed by atoms with van der Waals surface area (Å²) in [6, 6.07) is 5.89. The topological polar surface area (TPSA) is 108 Å². The monoisotopic (exact) mass is 473 g/mol. The summed E-state index contributed by atoms with van der Waals surface area (Å²) < 4.78 is 18.0. The van der Waals surface area contributed by atoms with Crippen molar-refractivity contribution < 1.29 is 29.0 Å². The third-order valence-corrected chi connectivity index (χ3v) is 6.20. The second-order valence-electron chi connectivity index (χ2n) is 11.6. The van der Waals surface area contributed by atoms with Crippen LogP contribution < -0.4 is 4.74 Å². The van der Waals surface area contributed by atoms with Gasteiger partial charge in [0.05, 0.1) is 10.8 Å². The van der Waals surface area contributed by atoms with Crippen molar-refractivity contribution in [1.82, 2.24) is 0 Å². The van der Waals surface area contributed by atoms with E-state index in [0.717, 1.165) is 5.57 Å². The van der Waals surface area contributed by atoms with Crippen LogP contribution in [-0.2, 0) is 14.3 Å². The van der Waals surface area contributed by atoms with Gasteiger partial charge in [-0.15, -0.1) is 0 Å². The van der Waals surface area contributed by atoms with Crippen molar-refractivity contribution in [3.8, 4) is 5.75 Å². The Bertz CT molecular complexity index is 1040. The molecule has 0 aromatic heterocycles. The third kappa shape index (κ3) is 4.97. The summed E-state index contributed by atoms with van der Waals surface area (Å²) >= 11 is 0. The Labute approximate surface area is 200 Å². The van der Waals surface area contributed by atoms with Gasteiger partial charge in [-0.3, -0.25) is 14.9 Å². The predicted octanol–water partition coefficient (Wildman–Crippen LogP) is 5.31. The molecule has 34 heavy (non-hydrogen) atoms. The summed E-state index contributed by atoms with van der Waals surface area (Å²) in [5.74, 6) is -1.74. The minimum Gasteiger partial charge on any atom is -0.489 e. The van der Waals surface area contributed by atoms with Crippen LogP contribution in [0.3, 0.4) is 0 Å². The number of carbonyl (C=O) groups excluding carboxylic acids is 1. The highest BCUT2D eigenvalue weighted by molar-refractivity contribution is 5.67. The average molecular weight is 474 g/mol. The molecular weight excluding hydrogens is 438 g/mol. The van der Waals surface area contributed by atoms with Crippen LogP contribution in [0.1, 0.15) is 61.8 Å². The van der Waals surface area contributed by atoms with Gasteiger partial charge in [-0.1, -0.05) is 41.5 Å². The molecule has 1 aliphatic heterocycles. The molecule has 1 aliphatic carbocycles. The summed E-state index contributed by atoms with van der Waals surface area (Å²) in [6.45, 7) is 15.3. The largest absolute Gasteiger partial charge is 0.489 e. The first kappa shape index (κ1) is 25.7. The number of nitrogens with zero attached hydrogens (tertiary/aromatic N) is 1. The van der Waals surface area contributed by atoms with Crippen LogP contribution >= 0.6 is 0 Å². The van der Waals surface area contributed by atoms with Gasteiger partial charge in [0.15, 0.2) is 0 Å². The molecule has 0 radical (unpaired) electrons. The van der Waals surface area contributed by atoms with Crippen LogP contribution in [0, 0.1) is 26.9 Å². The molecule has 0 spiro atoms. The fourth-order valence-electron chi connectivity index (χ4n) is 5.03. The molecule has 2 aliphatic rings. The van der Waals surface area contributed by atoms with E-state index in [0.29, 0.717) is 23.5 Å². The van der Waals surface area contributed by atoms with Crippen LogP contribution in [0.15, 0.2) is 47.2 Å². The quantitative estimate of drug-likeness (QED) is 0.267. The Morgan fingerprint density at radius 3 is 2.26 bits per heavy atom. The van der Waals surface area contributed by atoms with E-state index in [1.807, 2.05) is 48.5 Å². The minimum absolute atomic E-state index is 0.00886. The molecule has 0 amide bonds. The maximum Gasteiger partial charge on any atom is 0.305 e. The highest BCUT2D eigenvalue weighted by Gasteiger charge is 2.59. The van der Waals surface area contributed by atoms with E-state index in [9.17, 15) is 20.0 Å². The molecule has 8 nitrogen and oxygen atoms in total. The van der Waals surface area contributed by atoms with E-state index in [4.69, 9.17) is 14.2 Å². The number of allylic oxidation sites excluding steroid dienone is 1. The third-order valence-electron chi connectivity index (χ3n) is 6.20. The number of nitro groups is 1. The molecule has 0 saturated carbocycles. The normalized spacial score (nSPS) is 27.0. The molecule has 0 saturated heterocycles. The summed E-state index contributed by atoms with van der Waals surface area (Å²) in [5.41, 5.74) is -0.247. The van der Waals surface area contributed by atoms with Gasteiger partial charge in [-0.2, -0.15) is 0 Å². The Balaban J connectivity index is 1.94. The van der Waals surface area contributed by atoms with Gasteiger partial charge < -0.3 is 19.3 Å². The maximum atomic E-state index is 12.1. The van der Waals surface area contributed by atoms with Crippen molar-refractivity contribution in [3.63, 3.8) is 0 Å². The zero-order valence-electron chi connectivity index (χ0n) is 21.2. The zero-order chi connectivity index (χ0) is 25.7. The van der Waals surface area contributed by atoms with E-state index >= 15 is 0 Å². The van der Waals surface area contributed by atoms with E-state index in [-0.39, 0.29) is 12.3 Å². The summed E-state index contributed by atoms with van der Waals surface area (Å²) in [7, 11) is 0. The highest BCUT2D eigenvalue weighted by Crippen LogP contribution is 2.56. The standard InChI is InChI=1S/C26H35NO7/c1-16(28)33-26(29)21(23(2,3)4)13-20-19(22(26)24(5,6)7)14-25(8,34-20)15-32-18-11-9-17(10-12-18)27(30)31/h9-13,22,29H,14-15H2,1-8H3. The van der Waals surface area contributed by atoms with Crippen molar-refractivity contribution in [2.24, 2.45) is 16.7 Å². The van der Waals surface area contributed by atoms with Gasteiger partial charge in [-0.05, 0) is 41.5 Å². The van der Waals surface area contributed by atoms with E-state index in [1.54, 1.807) is 18.2 Å². The van der Waals surface area contributed by atoms with Crippen LogP contribution in [0.25, 0.3) is 0 Å². The van der Waals surface area contributed by atoms with Crippen LogP contribution in [0.4, 0.5) is 5.69 Å². The fraction of sp³-hybridized carbons (Fsp3) is 0.577. The molecule has 3 atom stereocenters. The van der Waals surface area contributed by atoms with Crippen molar-refractivity contribution in [1.29, 1.82) is 0 Å². The maximum absolute atomic E-state index is 12.1. The molecule has 1 N–H and O–H groups in total. The summed E-state index contributed by atoms with van der Waals surface area (Å²) in [6.07, 6.45) is 2.27. The number of nitro benzene ring substituents is 1. The molecule has 0 fully saturated rings. The number of hydrogen-bond donors (Lipinski definition) is 1. The molecule has 186 valence electrons. The Morgan fingerprint density at radius 1 is 1.21 bits per heavy atom. The first-order valence-corrected chi connectivity index (χ1v) is 11.4. The molecule has 8 heteroatoms. The highest BCUT2D eigenvalue weighted by atomic mass is 16.7. The lowest BCUT2D eigenvalue weighted by Gasteiger charge is -2.49. The first-order chi connectivity index (χ1) is 15.5. The van der Waals surface area contributed by atoms with Crippen molar-refractivity contribution >= 4 is 11.7 Å². The molecular formula is C26H35NO7. The Morgan fingerprint density at radius 2 is 1.79 bits per heavy atom. The van der Waals surface area contributed by atoms with E-state index in [1.165, 1.54) is 19.1 Å². The van der Waals surface area contributed by atoms with Gasteiger partial charge in [0.25, 0.3) is 5.69 Å². The summed E-state index contributed by atoms with van der Waals surface area (Å²) in [4.78, 5) is 22.5. The molecule has 1 heterocycles. The van der Waals surface area contributed by atoms with E-state index in [2.05, 4.69) is 0 Å². The fourth-order valence-corrected chi connectivity index (χ4v) is 5.03. The molecule has 0 bridgehead atoms. The number of carbonyl (C=O) groups is 1. The SMILES string of the molecule is CC(=O)OC1(O)C(C(C)(C)C)=CC2=C(CC(C)(COc3ccc([N+](=O)[O-])cc3)O2)C1C(C)(C)C. The average Bonchev–Trinajstić information content (AvgIpc) is 2.99. The summed E-state index contributed by atoms with van der Waals surface area (Å²) in [5, 5.41) is 22.8. The predicted molar refractivity (Wildman–Crippen MR) is 127 cm³/mol. The van der Waals surface area contributed by atoms with E-state index < -0.39 is 39.0 Å². The molecule has 1 aromatic carbocycles. The number of ether oxygens (including phenoxy) is 3. The number of rotatable bonds is 5. The van der Waals surface area contributed by atoms with Crippen LogP contribution in [0.5, 0.6) is 5.75 Å². The lowest BCUT2D eigenvalue weighted by atomic mass is 9.62. The lowest BCUT2D eigenvalue weighted by Crippen LogP contribution is -2.54. The Kier molecular flexibility index (Phi) is 6.37. The minimum atomic E-state index is -1.81. The first-order valence-electron chi connectivity index (χ1n) is 11.4. The number of non-ortho nitro benzene ring substituents is 1. The number of esters is 1. The number of aliphatic hydroxyl groups is 1. The molecule has 3 unspecified atom stereocenters.